The number of halogens is 1. The Bertz CT molecular complexity index is 641. The summed E-state index contributed by atoms with van der Waals surface area (Å²) in [7, 11) is 0. The topological polar surface area (TPSA) is 75.3 Å². The van der Waals surface area contributed by atoms with Crippen molar-refractivity contribution in [1.82, 2.24) is 5.32 Å². The SMILES string of the molecule is Cc1c(Cl)cccc1C(=O)NCC(O)c1ccc(N)cc1. The summed E-state index contributed by atoms with van der Waals surface area (Å²) in [5.74, 6) is -0.260. The van der Waals surface area contributed by atoms with Crippen LogP contribution in [0.5, 0.6) is 0 Å². The molecule has 0 saturated carbocycles. The van der Waals surface area contributed by atoms with Gasteiger partial charge in [-0.15, -0.1) is 0 Å². The van der Waals surface area contributed by atoms with E-state index >= 15 is 0 Å². The Morgan fingerprint density at radius 3 is 2.62 bits per heavy atom. The molecule has 0 aliphatic rings. The van der Waals surface area contributed by atoms with Crippen LogP contribution in [0, 0.1) is 6.92 Å². The lowest BCUT2D eigenvalue weighted by Crippen LogP contribution is -2.29. The molecule has 4 nitrogen and oxygen atoms in total. The summed E-state index contributed by atoms with van der Waals surface area (Å²) in [5.41, 5.74) is 8.15. The van der Waals surface area contributed by atoms with Gasteiger partial charge in [0.25, 0.3) is 5.91 Å². The molecule has 1 atom stereocenters. The van der Waals surface area contributed by atoms with Gasteiger partial charge in [-0.1, -0.05) is 29.8 Å². The van der Waals surface area contributed by atoms with Gasteiger partial charge in [-0.05, 0) is 42.3 Å². The predicted octanol–water partition coefficient (Wildman–Crippen LogP) is 2.69. The standard InChI is InChI=1S/C16H17ClN2O2/c1-10-13(3-2-4-14(10)17)16(21)19-9-15(20)11-5-7-12(18)8-6-11/h2-8,15,20H,9,18H2,1H3,(H,19,21). The molecule has 110 valence electrons. The molecule has 0 aliphatic carbocycles. The summed E-state index contributed by atoms with van der Waals surface area (Å²) in [4.78, 5) is 12.1. The fourth-order valence-electron chi connectivity index (χ4n) is 1.97. The van der Waals surface area contributed by atoms with Crippen LogP contribution in [0.4, 0.5) is 5.69 Å². The van der Waals surface area contributed by atoms with Crippen LogP contribution in [0.15, 0.2) is 42.5 Å². The molecule has 2 aromatic rings. The van der Waals surface area contributed by atoms with Crippen LogP contribution in [0.2, 0.25) is 5.02 Å². The second kappa shape index (κ2) is 6.61. The number of nitrogens with one attached hydrogen (secondary N) is 1. The summed E-state index contributed by atoms with van der Waals surface area (Å²) >= 11 is 5.99. The van der Waals surface area contributed by atoms with Crippen molar-refractivity contribution in [2.75, 3.05) is 12.3 Å². The van der Waals surface area contributed by atoms with Gasteiger partial charge in [0.05, 0.1) is 6.10 Å². The number of aliphatic hydroxyl groups is 1. The van der Waals surface area contributed by atoms with Gasteiger partial charge < -0.3 is 16.2 Å². The maximum atomic E-state index is 12.1. The van der Waals surface area contributed by atoms with Crippen molar-refractivity contribution in [3.05, 3.63) is 64.2 Å². The highest BCUT2D eigenvalue weighted by atomic mass is 35.5. The predicted molar refractivity (Wildman–Crippen MR) is 84.3 cm³/mol. The quantitative estimate of drug-likeness (QED) is 0.760. The van der Waals surface area contributed by atoms with Crippen molar-refractivity contribution >= 4 is 23.2 Å². The molecule has 0 aromatic heterocycles. The third kappa shape index (κ3) is 3.74. The smallest absolute Gasteiger partial charge is 0.251 e. The van der Waals surface area contributed by atoms with E-state index in [4.69, 9.17) is 17.3 Å². The summed E-state index contributed by atoms with van der Waals surface area (Å²) in [6.07, 6.45) is -0.783. The Labute approximate surface area is 128 Å². The average molecular weight is 305 g/mol. The average Bonchev–Trinajstić information content (AvgIpc) is 2.48. The summed E-state index contributed by atoms with van der Waals surface area (Å²) < 4.78 is 0. The number of aliphatic hydroxyl groups excluding tert-OH is 1. The number of hydrogen-bond donors (Lipinski definition) is 3. The second-order valence-electron chi connectivity index (χ2n) is 4.80. The van der Waals surface area contributed by atoms with Crippen molar-refractivity contribution in [3.8, 4) is 0 Å². The minimum Gasteiger partial charge on any atom is -0.399 e. The van der Waals surface area contributed by atoms with E-state index in [1.165, 1.54) is 0 Å². The van der Waals surface area contributed by atoms with Crippen molar-refractivity contribution in [3.63, 3.8) is 0 Å². The molecule has 1 unspecified atom stereocenters. The van der Waals surface area contributed by atoms with Crippen molar-refractivity contribution in [2.45, 2.75) is 13.0 Å². The zero-order chi connectivity index (χ0) is 15.4. The molecule has 0 radical (unpaired) electrons. The van der Waals surface area contributed by atoms with E-state index in [1.807, 2.05) is 0 Å². The number of amides is 1. The summed E-state index contributed by atoms with van der Waals surface area (Å²) in [6.45, 7) is 1.91. The number of nitrogen functional groups attached to an aromatic ring is 1. The van der Waals surface area contributed by atoms with E-state index in [1.54, 1.807) is 49.4 Å². The second-order valence-corrected chi connectivity index (χ2v) is 5.21. The minimum absolute atomic E-state index is 0.120. The van der Waals surface area contributed by atoms with Gasteiger partial charge in [0.2, 0.25) is 0 Å². The normalized spacial score (nSPS) is 12.0. The Balaban J connectivity index is 2.00. The molecule has 0 saturated heterocycles. The number of anilines is 1. The first-order valence-corrected chi connectivity index (χ1v) is 6.93. The maximum absolute atomic E-state index is 12.1. The van der Waals surface area contributed by atoms with Gasteiger partial charge in [0.15, 0.2) is 0 Å². The Kier molecular flexibility index (Phi) is 4.83. The highest BCUT2D eigenvalue weighted by Crippen LogP contribution is 2.19. The van der Waals surface area contributed by atoms with Gasteiger partial charge in [-0.2, -0.15) is 0 Å². The fourth-order valence-corrected chi connectivity index (χ4v) is 2.15. The molecular formula is C16H17ClN2O2. The first-order valence-electron chi connectivity index (χ1n) is 6.56. The highest BCUT2D eigenvalue weighted by Gasteiger charge is 2.13. The highest BCUT2D eigenvalue weighted by molar-refractivity contribution is 6.31. The van der Waals surface area contributed by atoms with Gasteiger partial charge in [-0.3, -0.25) is 4.79 Å². The van der Waals surface area contributed by atoms with Crippen LogP contribution in [-0.2, 0) is 0 Å². The van der Waals surface area contributed by atoms with Crippen LogP contribution in [0.25, 0.3) is 0 Å². The van der Waals surface area contributed by atoms with Gasteiger partial charge in [0, 0.05) is 22.8 Å². The van der Waals surface area contributed by atoms with Crippen LogP contribution < -0.4 is 11.1 Å². The molecule has 0 fully saturated rings. The number of hydrogen-bond acceptors (Lipinski definition) is 3. The first kappa shape index (κ1) is 15.4. The van der Waals surface area contributed by atoms with Crippen molar-refractivity contribution < 1.29 is 9.90 Å². The minimum atomic E-state index is -0.783. The van der Waals surface area contributed by atoms with Crippen molar-refractivity contribution in [1.29, 1.82) is 0 Å². The number of carbonyl (C=O) groups excluding carboxylic acids is 1. The number of benzene rings is 2. The number of nitrogens with two attached hydrogens (primary N) is 1. The van der Waals surface area contributed by atoms with E-state index in [2.05, 4.69) is 5.32 Å². The Hall–Kier alpha value is -2.04. The van der Waals surface area contributed by atoms with E-state index in [9.17, 15) is 9.90 Å². The molecule has 1 amide bonds. The molecular weight excluding hydrogens is 288 g/mol. The van der Waals surface area contributed by atoms with Crippen LogP contribution in [0.1, 0.15) is 27.6 Å². The lowest BCUT2D eigenvalue weighted by molar-refractivity contribution is 0.0915. The van der Waals surface area contributed by atoms with Crippen LogP contribution >= 0.6 is 11.6 Å². The lowest BCUT2D eigenvalue weighted by Gasteiger charge is -2.13. The summed E-state index contributed by atoms with van der Waals surface area (Å²) in [5, 5.41) is 13.3. The molecule has 0 bridgehead atoms. The largest absolute Gasteiger partial charge is 0.399 e. The van der Waals surface area contributed by atoms with E-state index in [0.717, 1.165) is 5.56 Å². The molecule has 0 heterocycles. The zero-order valence-corrected chi connectivity index (χ0v) is 12.4. The summed E-state index contributed by atoms with van der Waals surface area (Å²) in [6, 6.07) is 12.0. The van der Waals surface area contributed by atoms with Gasteiger partial charge in [0.1, 0.15) is 0 Å². The number of rotatable bonds is 4. The van der Waals surface area contributed by atoms with Crippen LogP contribution in [0.3, 0.4) is 0 Å². The molecule has 2 rings (SSSR count). The maximum Gasteiger partial charge on any atom is 0.251 e. The molecule has 4 N–H and O–H groups in total. The first-order chi connectivity index (χ1) is 9.99. The number of carbonyl (C=O) groups is 1. The Morgan fingerprint density at radius 1 is 1.29 bits per heavy atom. The van der Waals surface area contributed by atoms with Crippen molar-refractivity contribution in [2.24, 2.45) is 0 Å². The fraction of sp³-hybridized carbons (Fsp3) is 0.188. The third-order valence-corrected chi connectivity index (χ3v) is 3.70. The zero-order valence-electron chi connectivity index (χ0n) is 11.6. The van der Waals surface area contributed by atoms with Gasteiger partial charge >= 0.3 is 0 Å². The molecule has 0 aliphatic heterocycles. The van der Waals surface area contributed by atoms with Crippen LogP contribution in [-0.4, -0.2) is 17.6 Å². The third-order valence-electron chi connectivity index (χ3n) is 3.29. The Morgan fingerprint density at radius 2 is 1.95 bits per heavy atom. The monoisotopic (exact) mass is 304 g/mol. The molecule has 21 heavy (non-hydrogen) atoms. The molecule has 5 heteroatoms. The van der Waals surface area contributed by atoms with E-state index in [0.29, 0.717) is 21.8 Å². The van der Waals surface area contributed by atoms with Gasteiger partial charge in [-0.25, -0.2) is 0 Å². The molecule has 2 aromatic carbocycles. The van der Waals surface area contributed by atoms with E-state index < -0.39 is 6.10 Å². The molecule has 0 spiro atoms. The van der Waals surface area contributed by atoms with E-state index in [-0.39, 0.29) is 12.5 Å². The lowest BCUT2D eigenvalue weighted by atomic mass is 10.1.